The van der Waals surface area contributed by atoms with Crippen LogP contribution in [0.2, 0.25) is 0 Å². The second-order valence-corrected chi connectivity index (χ2v) is 3.68. The minimum absolute atomic E-state index is 0.132. The molecule has 1 aliphatic carbocycles. The number of oxime groups is 1. The Morgan fingerprint density at radius 2 is 2.43 bits per heavy atom. The van der Waals surface area contributed by atoms with Gasteiger partial charge in [-0.15, -0.1) is 0 Å². The van der Waals surface area contributed by atoms with Gasteiger partial charge in [-0.05, 0) is 26.2 Å². The molecule has 0 atom stereocenters. The number of aryl methyl sites for hydroxylation is 1. The first kappa shape index (κ1) is 9.05. The summed E-state index contributed by atoms with van der Waals surface area (Å²) >= 11 is 0. The summed E-state index contributed by atoms with van der Waals surface area (Å²) in [5, 5.41) is 15.9. The summed E-state index contributed by atoms with van der Waals surface area (Å²) in [6, 6.07) is 0.508. The smallest absolute Gasteiger partial charge is 0.173 e. The van der Waals surface area contributed by atoms with E-state index in [2.05, 4.69) is 10.3 Å². The molecule has 0 amide bonds. The lowest BCUT2D eigenvalue weighted by Gasteiger charge is -2.25. The predicted octanol–water partition coefficient (Wildman–Crippen LogP) is 1.01. The molecule has 5 heteroatoms. The zero-order valence-corrected chi connectivity index (χ0v) is 8.14. The molecular formula is C9H14N4O. The summed E-state index contributed by atoms with van der Waals surface area (Å²) in [6.45, 7) is 1.86. The van der Waals surface area contributed by atoms with Crippen LogP contribution in [0.4, 0.5) is 0 Å². The fourth-order valence-corrected chi connectivity index (χ4v) is 1.63. The summed E-state index contributed by atoms with van der Waals surface area (Å²) in [5.74, 6) is 0.132. The number of amidine groups is 1. The lowest BCUT2D eigenvalue weighted by Crippen LogP contribution is -2.17. The molecular weight excluding hydrogens is 180 g/mol. The Labute approximate surface area is 82.2 Å². The highest BCUT2D eigenvalue weighted by atomic mass is 16.4. The Balaban J connectivity index is 2.29. The molecule has 1 aliphatic rings. The van der Waals surface area contributed by atoms with Gasteiger partial charge in [-0.3, -0.25) is 4.68 Å². The lowest BCUT2D eigenvalue weighted by molar-refractivity contribution is 0.288. The van der Waals surface area contributed by atoms with Crippen LogP contribution in [-0.2, 0) is 0 Å². The fraction of sp³-hybridized carbons (Fsp3) is 0.556. The molecule has 0 radical (unpaired) electrons. The maximum atomic E-state index is 8.56. The highest BCUT2D eigenvalue weighted by molar-refractivity contribution is 5.97. The maximum Gasteiger partial charge on any atom is 0.173 e. The zero-order valence-electron chi connectivity index (χ0n) is 8.14. The topological polar surface area (TPSA) is 76.4 Å². The average Bonchev–Trinajstić information content (AvgIpc) is 2.43. The average molecular weight is 194 g/mol. The molecule has 0 saturated heterocycles. The minimum atomic E-state index is 0.132. The molecule has 1 aromatic heterocycles. The van der Waals surface area contributed by atoms with Gasteiger partial charge >= 0.3 is 0 Å². The van der Waals surface area contributed by atoms with Crippen molar-refractivity contribution in [1.82, 2.24) is 9.78 Å². The van der Waals surface area contributed by atoms with Gasteiger partial charge in [-0.2, -0.15) is 5.10 Å². The normalized spacial score (nSPS) is 18.2. The minimum Gasteiger partial charge on any atom is -0.409 e. The summed E-state index contributed by atoms with van der Waals surface area (Å²) in [5.41, 5.74) is 7.05. The highest BCUT2D eigenvalue weighted by Crippen LogP contribution is 2.31. The van der Waals surface area contributed by atoms with Gasteiger partial charge in [-0.1, -0.05) is 5.16 Å². The maximum absolute atomic E-state index is 8.56. The van der Waals surface area contributed by atoms with E-state index in [-0.39, 0.29) is 5.84 Å². The third kappa shape index (κ3) is 1.34. The number of hydrogen-bond donors (Lipinski definition) is 2. The second kappa shape index (κ2) is 3.32. The molecule has 0 bridgehead atoms. The van der Waals surface area contributed by atoms with E-state index in [1.807, 2.05) is 17.8 Å². The van der Waals surface area contributed by atoms with Crippen molar-refractivity contribution >= 4 is 5.84 Å². The van der Waals surface area contributed by atoms with Crippen molar-refractivity contribution < 1.29 is 5.21 Å². The van der Waals surface area contributed by atoms with E-state index < -0.39 is 0 Å². The van der Waals surface area contributed by atoms with Crippen molar-refractivity contribution in [2.75, 3.05) is 0 Å². The van der Waals surface area contributed by atoms with Crippen LogP contribution < -0.4 is 5.73 Å². The Hall–Kier alpha value is -1.52. The van der Waals surface area contributed by atoms with E-state index in [4.69, 9.17) is 10.9 Å². The molecule has 1 fully saturated rings. The Bertz CT molecular complexity index is 365. The Kier molecular flexibility index (Phi) is 2.15. The van der Waals surface area contributed by atoms with Gasteiger partial charge in [-0.25, -0.2) is 0 Å². The van der Waals surface area contributed by atoms with Crippen LogP contribution in [-0.4, -0.2) is 20.8 Å². The van der Waals surface area contributed by atoms with Gasteiger partial charge in [0.2, 0.25) is 0 Å². The number of rotatable bonds is 2. The van der Waals surface area contributed by atoms with E-state index in [0.29, 0.717) is 6.04 Å². The summed E-state index contributed by atoms with van der Waals surface area (Å²) in [4.78, 5) is 0. The summed E-state index contributed by atoms with van der Waals surface area (Å²) < 4.78 is 1.92. The van der Waals surface area contributed by atoms with Crippen molar-refractivity contribution in [2.24, 2.45) is 10.9 Å². The predicted molar refractivity (Wildman–Crippen MR) is 52.4 cm³/mol. The number of nitrogens with two attached hydrogens (primary N) is 1. The van der Waals surface area contributed by atoms with E-state index in [0.717, 1.165) is 11.3 Å². The summed E-state index contributed by atoms with van der Waals surface area (Å²) in [6.07, 6.45) is 5.48. The third-order valence-electron chi connectivity index (χ3n) is 2.75. The largest absolute Gasteiger partial charge is 0.409 e. The van der Waals surface area contributed by atoms with E-state index in [9.17, 15) is 0 Å². The number of nitrogens with zero attached hydrogens (tertiary/aromatic N) is 3. The van der Waals surface area contributed by atoms with Crippen molar-refractivity contribution in [1.29, 1.82) is 0 Å². The van der Waals surface area contributed by atoms with Crippen molar-refractivity contribution in [2.45, 2.75) is 32.2 Å². The van der Waals surface area contributed by atoms with Gasteiger partial charge in [0.25, 0.3) is 0 Å². The fourth-order valence-electron chi connectivity index (χ4n) is 1.63. The first-order chi connectivity index (χ1) is 6.72. The molecule has 0 unspecified atom stereocenters. The molecule has 2 rings (SSSR count). The molecule has 1 aromatic rings. The molecule has 0 spiro atoms. The summed E-state index contributed by atoms with van der Waals surface area (Å²) in [7, 11) is 0. The Morgan fingerprint density at radius 3 is 2.93 bits per heavy atom. The van der Waals surface area contributed by atoms with Gasteiger partial charge < -0.3 is 10.9 Å². The monoisotopic (exact) mass is 194 g/mol. The van der Waals surface area contributed by atoms with E-state index in [1.54, 1.807) is 0 Å². The molecule has 5 nitrogen and oxygen atoms in total. The standard InChI is InChI=1S/C9H14N4O/c1-6-8(9(10)12-14)5-13(11-6)7-3-2-4-7/h5,7,14H,2-4H2,1H3,(H2,10,12). The molecule has 76 valence electrons. The van der Waals surface area contributed by atoms with Crippen LogP contribution in [0.15, 0.2) is 11.4 Å². The second-order valence-electron chi connectivity index (χ2n) is 3.68. The van der Waals surface area contributed by atoms with Crippen molar-refractivity contribution in [3.63, 3.8) is 0 Å². The molecule has 0 aliphatic heterocycles. The van der Waals surface area contributed by atoms with Crippen LogP contribution in [0.1, 0.15) is 36.6 Å². The molecule has 3 N–H and O–H groups in total. The molecule has 0 aromatic carbocycles. The quantitative estimate of drug-likeness (QED) is 0.319. The van der Waals surface area contributed by atoms with Gasteiger partial charge in [0.05, 0.1) is 17.3 Å². The zero-order chi connectivity index (χ0) is 10.1. The third-order valence-corrected chi connectivity index (χ3v) is 2.75. The van der Waals surface area contributed by atoms with Gasteiger partial charge in [0.15, 0.2) is 5.84 Å². The van der Waals surface area contributed by atoms with Crippen molar-refractivity contribution in [3.05, 3.63) is 17.5 Å². The molecule has 14 heavy (non-hydrogen) atoms. The van der Waals surface area contributed by atoms with Crippen LogP contribution in [0.25, 0.3) is 0 Å². The molecule has 1 heterocycles. The number of hydrogen-bond acceptors (Lipinski definition) is 3. The first-order valence-electron chi connectivity index (χ1n) is 4.76. The Morgan fingerprint density at radius 1 is 1.71 bits per heavy atom. The van der Waals surface area contributed by atoms with Gasteiger partial charge in [0.1, 0.15) is 0 Å². The van der Waals surface area contributed by atoms with E-state index >= 15 is 0 Å². The van der Waals surface area contributed by atoms with Crippen LogP contribution in [0, 0.1) is 6.92 Å². The highest BCUT2D eigenvalue weighted by Gasteiger charge is 2.21. The van der Waals surface area contributed by atoms with Crippen LogP contribution in [0.5, 0.6) is 0 Å². The first-order valence-corrected chi connectivity index (χ1v) is 4.76. The van der Waals surface area contributed by atoms with Gasteiger partial charge in [0, 0.05) is 6.20 Å². The SMILES string of the molecule is Cc1nn(C2CCC2)cc1/C(N)=N\O. The van der Waals surface area contributed by atoms with Crippen LogP contribution >= 0.6 is 0 Å². The molecule has 1 saturated carbocycles. The van der Waals surface area contributed by atoms with E-state index in [1.165, 1.54) is 19.3 Å². The van der Waals surface area contributed by atoms with Crippen LogP contribution in [0.3, 0.4) is 0 Å². The number of aromatic nitrogens is 2. The lowest BCUT2D eigenvalue weighted by atomic mass is 9.93. The van der Waals surface area contributed by atoms with Crippen molar-refractivity contribution in [3.8, 4) is 0 Å².